The molecule has 1 aliphatic rings. The van der Waals surface area contributed by atoms with Crippen LogP contribution in [0.5, 0.6) is 5.75 Å². The molecule has 1 unspecified atom stereocenters. The van der Waals surface area contributed by atoms with Crippen LogP contribution in [-0.4, -0.2) is 17.7 Å². The Hall–Kier alpha value is -2.36. The zero-order valence-electron chi connectivity index (χ0n) is 10.7. The highest BCUT2D eigenvalue weighted by Crippen LogP contribution is 2.35. The van der Waals surface area contributed by atoms with Gasteiger partial charge in [-0.1, -0.05) is 24.3 Å². The fraction of sp³-hybridized carbons (Fsp3) is 0.188. The van der Waals surface area contributed by atoms with Gasteiger partial charge in [0.05, 0.1) is 6.61 Å². The first-order chi connectivity index (χ1) is 9.65. The zero-order valence-corrected chi connectivity index (χ0v) is 10.7. The summed E-state index contributed by atoms with van der Waals surface area (Å²) in [5.41, 5.74) is 2.50. The number of aromatic carboxylic acids is 1. The van der Waals surface area contributed by atoms with E-state index in [1.807, 2.05) is 18.2 Å². The van der Waals surface area contributed by atoms with Crippen LogP contribution in [0.1, 0.15) is 27.4 Å². The number of fused-ring (bicyclic) bond motifs is 1. The summed E-state index contributed by atoms with van der Waals surface area (Å²) in [6.07, 6.45) is 0.911. The number of hydrogen-bond acceptors (Lipinski definition) is 2. The van der Waals surface area contributed by atoms with Crippen molar-refractivity contribution < 1.29 is 19.0 Å². The molecule has 0 amide bonds. The summed E-state index contributed by atoms with van der Waals surface area (Å²) in [5.74, 6) is -1.29. The topological polar surface area (TPSA) is 46.5 Å². The lowest BCUT2D eigenvalue weighted by Gasteiger charge is -2.30. The predicted molar refractivity (Wildman–Crippen MR) is 71.7 cm³/mol. The molecule has 0 saturated heterocycles. The van der Waals surface area contributed by atoms with Crippen LogP contribution in [0.4, 0.5) is 4.39 Å². The average Bonchev–Trinajstić information content (AvgIpc) is 2.39. The number of carboxylic acids is 1. The average molecular weight is 272 g/mol. The van der Waals surface area contributed by atoms with E-state index in [1.54, 1.807) is 0 Å². The van der Waals surface area contributed by atoms with E-state index >= 15 is 0 Å². The van der Waals surface area contributed by atoms with E-state index in [1.165, 1.54) is 17.2 Å². The van der Waals surface area contributed by atoms with Gasteiger partial charge in [-0.3, -0.25) is 0 Å². The molecule has 1 atom stereocenters. The molecule has 0 heterocycles. The van der Waals surface area contributed by atoms with Crippen LogP contribution in [0.25, 0.3) is 0 Å². The van der Waals surface area contributed by atoms with Gasteiger partial charge < -0.3 is 9.84 Å². The standard InChI is InChI=1S/C16H13FO3/c17-12-5-6-14(16(18)19)15(8-12)20-9-11-7-10-3-1-2-4-13(10)11/h1-6,8,11H,7,9H2,(H,18,19). The molecule has 1 N–H and O–H groups in total. The van der Waals surface area contributed by atoms with E-state index in [0.29, 0.717) is 6.61 Å². The second-order valence-corrected chi connectivity index (χ2v) is 4.86. The van der Waals surface area contributed by atoms with Crippen LogP contribution < -0.4 is 4.74 Å². The minimum atomic E-state index is -1.12. The quantitative estimate of drug-likeness (QED) is 0.929. The molecular weight excluding hydrogens is 259 g/mol. The minimum Gasteiger partial charge on any atom is -0.492 e. The summed E-state index contributed by atoms with van der Waals surface area (Å²) in [4.78, 5) is 11.1. The monoisotopic (exact) mass is 272 g/mol. The van der Waals surface area contributed by atoms with Crippen LogP contribution in [0, 0.1) is 5.82 Å². The van der Waals surface area contributed by atoms with E-state index in [-0.39, 0.29) is 17.2 Å². The Kier molecular flexibility index (Phi) is 3.14. The Morgan fingerprint density at radius 1 is 1.30 bits per heavy atom. The van der Waals surface area contributed by atoms with Crippen LogP contribution >= 0.6 is 0 Å². The maximum absolute atomic E-state index is 13.2. The van der Waals surface area contributed by atoms with Crippen molar-refractivity contribution in [2.75, 3.05) is 6.61 Å². The third-order valence-corrected chi connectivity index (χ3v) is 3.58. The Bertz CT molecular complexity index is 667. The molecule has 2 aromatic carbocycles. The molecule has 0 bridgehead atoms. The second kappa shape index (κ2) is 4.96. The molecule has 0 fully saturated rings. The minimum absolute atomic E-state index is 0.0148. The van der Waals surface area contributed by atoms with Crippen molar-refractivity contribution >= 4 is 5.97 Å². The number of carbonyl (C=O) groups is 1. The van der Waals surface area contributed by atoms with E-state index in [9.17, 15) is 9.18 Å². The number of carboxylic acid groups (broad SMARTS) is 1. The van der Waals surface area contributed by atoms with Gasteiger partial charge in [-0.05, 0) is 29.7 Å². The van der Waals surface area contributed by atoms with Crippen molar-refractivity contribution in [3.63, 3.8) is 0 Å². The molecule has 1 aliphatic carbocycles. The molecule has 3 nitrogen and oxygen atoms in total. The van der Waals surface area contributed by atoms with Gasteiger partial charge in [0, 0.05) is 12.0 Å². The molecule has 0 saturated carbocycles. The van der Waals surface area contributed by atoms with E-state index in [4.69, 9.17) is 9.84 Å². The first-order valence-corrected chi connectivity index (χ1v) is 6.38. The van der Waals surface area contributed by atoms with Crippen molar-refractivity contribution in [1.82, 2.24) is 0 Å². The summed E-state index contributed by atoms with van der Waals surface area (Å²) >= 11 is 0. The number of ether oxygens (including phenoxy) is 1. The number of hydrogen-bond donors (Lipinski definition) is 1. The van der Waals surface area contributed by atoms with Gasteiger partial charge >= 0.3 is 5.97 Å². The smallest absolute Gasteiger partial charge is 0.339 e. The maximum Gasteiger partial charge on any atom is 0.339 e. The van der Waals surface area contributed by atoms with E-state index in [2.05, 4.69) is 6.07 Å². The highest BCUT2D eigenvalue weighted by molar-refractivity contribution is 5.90. The van der Waals surface area contributed by atoms with Gasteiger partial charge in [0.1, 0.15) is 17.1 Å². The molecule has 3 rings (SSSR count). The molecule has 2 aromatic rings. The Balaban J connectivity index is 1.74. The van der Waals surface area contributed by atoms with Gasteiger partial charge in [0.25, 0.3) is 0 Å². The largest absolute Gasteiger partial charge is 0.492 e. The van der Waals surface area contributed by atoms with Gasteiger partial charge in [-0.15, -0.1) is 0 Å². The lowest BCUT2D eigenvalue weighted by Crippen LogP contribution is -2.23. The van der Waals surface area contributed by atoms with Crippen LogP contribution in [-0.2, 0) is 6.42 Å². The number of benzene rings is 2. The number of halogens is 1. The van der Waals surface area contributed by atoms with Crippen molar-refractivity contribution in [3.8, 4) is 5.75 Å². The predicted octanol–water partition coefficient (Wildman–Crippen LogP) is 3.24. The fourth-order valence-corrected chi connectivity index (χ4v) is 2.49. The zero-order chi connectivity index (χ0) is 14.1. The van der Waals surface area contributed by atoms with Gasteiger partial charge in [0.15, 0.2) is 0 Å². The highest BCUT2D eigenvalue weighted by Gasteiger charge is 2.26. The van der Waals surface area contributed by atoms with Crippen LogP contribution in [0.2, 0.25) is 0 Å². The Morgan fingerprint density at radius 3 is 2.85 bits per heavy atom. The van der Waals surface area contributed by atoms with Crippen molar-refractivity contribution in [3.05, 3.63) is 65.0 Å². The SMILES string of the molecule is O=C(O)c1ccc(F)cc1OCC1Cc2ccccc21. The lowest BCUT2D eigenvalue weighted by molar-refractivity contribution is 0.0691. The van der Waals surface area contributed by atoms with Crippen molar-refractivity contribution in [2.24, 2.45) is 0 Å². The van der Waals surface area contributed by atoms with Crippen LogP contribution in [0.15, 0.2) is 42.5 Å². The molecule has 0 spiro atoms. The highest BCUT2D eigenvalue weighted by atomic mass is 19.1. The first-order valence-electron chi connectivity index (χ1n) is 6.38. The molecule has 102 valence electrons. The van der Waals surface area contributed by atoms with Crippen molar-refractivity contribution in [2.45, 2.75) is 12.3 Å². The molecule has 0 aromatic heterocycles. The van der Waals surface area contributed by atoms with E-state index in [0.717, 1.165) is 18.6 Å². The summed E-state index contributed by atoms with van der Waals surface area (Å²) < 4.78 is 18.7. The van der Waals surface area contributed by atoms with Gasteiger partial charge in [0.2, 0.25) is 0 Å². The second-order valence-electron chi connectivity index (χ2n) is 4.86. The summed E-state index contributed by atoms with van der Waals surface area (Å²) in [5, 5.41) is 9.05. The first kappa shape index (κ1) is 12.7. The summed E-state index contributed by atoms with van der Waals surface area (Å²) in [6, 6.07) is 11.5. The maximum atomic E-state index is 13.2. The molecule has 0 aliphatic heterocycles. The third kappa shape index (κ3) is 2.25. The summed E-state index contributed by atoms with van der Waals surface area (Å²) in [7, 11) is 0. The van der Waals surface area contributed by atoms with E-state index < -0.39 is 11.8 Å². The number of rotatable bonds is 4. The Labute approximate surface area is 115 Å². The van der Waals surface area contributed by atoms with Crippen LogP contribution in [0.3, 0.4) is 0 Å². The van der Waals surface area contributed by atoms with Crippen molar-refractivity contribution in [1.29, 1.82) is 0 Å². The summed E-state index contributed by atoms with van der Waals surface area (Å²) in [6.45, 7) is 0.362. The molecule has 4 heteroatoms. The molecular formula is C16H13FO3. The Morgan fingerprint density at radius 2 is 2.10 bits per heavy atom. The lowest BCUT2D eigenvalue weighted by atomic mass is 9.78. The van der Waals surface area contributed by atoms with Gasteiger partial charge in [-0.2, -0.15) is 0 Å². The van der Waals surface area contributed by atoms with Gasteiger partial charge in [-0.25, -0.2) is 9.18 Å². The normalized spacial score (nSPS) is 16.1. The third-order valence-electron chi connectivity index (χ3n) is 3.58. The fourth-order valence-electron chi connectivity index (χ4n) is 2.49. The molecule has 20 heavy (non-hydrogen) atoms. The molecule has 0 radical (unpaired) electrons.